The van der Waals surface area contributed by atoms with Gasteiger partial charge >= 0.3 is 0 Å². The van der Waals surface area contributed by atoms with Gasteiger partial charge in [-0.05, 0) is 50.0 Å². The lowest BCUT2D eigenvalue weighted by molar-refractivity contribution is 0.387. The van der Waals surface area contributed by atoms with Crippen molar-refractivity contribution in [2.24, 2.45) is 17.8 Å². The Morgan fingerprint density at radius 3 is 2.79 bits per heavy atom. The largest absolute Gasteiger partial charge is 0.334 e. The maximum absolute atomic E-state index is 4.68. The van der Waals surface area contributed by atoms with E-state index in [2.05, 4.69) is 34.9 Å². The average Bonchev–Trinajstić information content (AvgIpc) is 2.83. The summed E-state index contributed by atoms with van der Waals surface area (Å²) in [6, 6.07) is 0.497. The minimum absolute atomic E-state index is 0.497. The minimum Gasteiger partial charge on any atom is -0.334 e. The molecule has 0 aromatic carbocycles. The normalized spacial score (nSPS) is 30.3. The molecule has 0 saturated heterocycles. The molecule has 3 unspecified atom stereocenters. The maximum atomic E-state index is 4.68. The summed E-state index contributed by atoms with van der Waals surface area (Å²) in [7, 11) is 0. The first-order valence-corrected chi connectivity index (χ1v) is 8.11. The smallest absolute Gasteiger partial charge is 0.126 e. The number of rotatable bonds is 7. The molecule has 1 aromatic rings. The Labute approximate surface area is 116 Å². The second kappa shape index (κ2) is 5.66. The monoisotopic (exact) mass is 261 g/mol. The molecule has 0 radical (unpaired) electrons. The maximum Gasteiger partial charge on any atom is 0.126 e. The van der Waals surface area contributed by atoms with Crippen molar-refractivity contribution < 1.29 is 0 Å². The van der Waals surface area contributed by atoms with E-state index in [0.717, 1.165) is 30.8 Å². The molecule has 2 aliphatic carbocycles. The van der Waals surface area contributed by atoms with E-state index >= 15 is 0 Å². The Bertz CT molecular complexity index is 402. The Kier molecular flexibility index (Phi) is 3.92. The summed E-state index contributed by atoms with van der Waals surface area (Å²) in [5, 5.41) is 3.78. The van der Waals surface area contributed by atoms with Crippen LogP contribution in [0.2, 0.25) is 0 Å². The van der Waals surface area contributed by atoms with Crippen LogP contribution >= 0.6 is 0 Å². The lowest BCUT2D eigenvalue weighted by Crippen LogP contribution is -2.28. The lowest BCUT2D eigenvalue weighted by Gasteiger charge is -2.21. The van der Waals surface area contributed by atoms with Crippen LogP contribution in [0.15, 0.2) is 12.4 Å². The molecular formula is C16H27N3. The van der Waals surface area contributed by atoms with Crippen molar-refractivity contribution in [3.63, 3.8) is 0 Å². The van der Waals surface area contributed by atoms with E-state index in [1.807, 2.05) is 6.20 Å². The van der Waals surface area contributed by atoms with Crippen LogP contribution in [-0.4, -0.2) is 16.1 Å². The van der Waals surface area contributed by atoms with E-state index < -0.39 is 0 Å². The van der Waals surface area contributed by atoms with Gasteiger partial charge in [0.15, 0.2) is 0 Å². The van der Waals surface area contributed by atoms with Crippen molar-refractivity contribution in [1.82, 2.24) is 14.9 Å². The van der Waals surface area contributed by atoms with Crippen molar-refractivity contribution >= 4 is 0 Å². The van der Waals surface area contributed by atoms with Gasteiger partial charge in [0, 0.05) is 18.9 Å². The van der Waals surface area contributed by atoms with Crippen LogP contribution in [0.1, 0.15) is 57.8 Å². The predicted molar refractivity (Wildman–Crippen MR) is 77.9 cm³/mol. The molecule has 0 aliphatic heterocycles. The van der Waals surface area contributed by atoms with Crippen LogP contribution in [0.4, 0.5) is 0 Å². The van der Waals surface area contributed by atoms with Gasteiger partial charge in [-0.3, -0.25) is 0 Å². The molecule has 106 valence electrons. The van der Waals surface area contributed by atoms with Gasteiger partial charge in [-0.15, -0.1) is 0 Å². The molecule has 1 N–H and O–H groups in total. The number of nitrogens with one attached hydrogen (secondary N) is 1. The SMILES string of the molecule is CCCNC(c1nccn1CCC)C1C2CCCC21. The lowest BCUT2D eigenvalue weighted by atomic mass is 10.0. The van der Waals surface area contributed by atoms with Crippen LogP contribution in [0.5, 0.6) is 0 Å². The number of hydrogen-bond donors (Lipinski definition) is 1. The van der Waals surface area contributed by atoms with Crippen molar-refractivity contribution in [1.29, 1.82) is 0 Å². The molecule has 0 spiro atoms. The van der Waals surface area contributed by atoms with Crippen molar-refractivity contribution in [3.05, 3.63) is 18.2 Å². The molecule has 1 heterocycles. The van der Waals surface area contributed by atoms with Crippen molar-refractivity contribution in [2.75, 3.05) is 6.54 Å². The molecule has 2 saturated carbocycles. The Hall–Kier alpha value is -0.830. The molecule has 19 heavy (non-hydrogen) atoms. The molecule has 3 nitrogen and oxygen atoms in total. The van der Waals surface area contributed by atoms with Crippen molar-refractivity contribution in [3.8, 4) is 0 Å². The third-order valence-electron chi connectivity index (χ3n) is 4.96. The number of aryl methyl sites for hydroxylation is 1. The van der Waals surface area contributed by atoms with Gasteiger partial charge in [0.05, 0.1) is 6.04 Å². The first-order chi connectivity index (χ1) is 9.36. The summed E-state index contributed by atoms with van der Waals surface area (Å²) in [5.74, 6) is 4.12. The van der Waals surface area contributed by atoms with Gasteiger partial charge in [0.2, 0.25) is 0 Å². The quantitative estimate of drug-likeness (QED) is 0.815. The summed E-state index contributed by atoms with van der Waals surface area (Å²) < 4.78 is 2.36. The van der Waals surface area contributed by atoms with Crippen LogP contribution in [-0.2, 0) is 6.54 Å². The molecule has 2 fully saturated rings. The Morgan fingerprint density at radius 1 is 1.32 bits per heavy atom. The zero-order valence-electron chi connectivity index (χ0n) is 12.3. The standard InChI is InChI=1S/C16H27N3/c1-3-8-17-15(14-12-6-5-7-13(12)14)16-18-9-11-19(16)10-4-2/h9,11-15,17H,3-8,10H2,1-2H3. The molecule has 3 atom stereocenters. The van der Waals surface area contributed by atoms with Gasteiger partial charge in [-0.2, -0.15) is 0 Å². The Morgan fingerprint density at radius 2 is 2.11 bits per heavy atom. The third-order valence-corrected chi connectivity index (χ3v) is 4.96. The summed E-state index contributed by atoms with van der Waals surface area (Å²) in [4.78, 5) is 4.68. The molecule has 2 aliphatic rings. The van der Waals surface area contributed by atoms with Gasteiger partial charge in [0.25, 0.3) is 0 Å². The zero-order valence-corrected chi connectivity index (χ0v) is 12.3. The van der Waals surface area contributed by atoms with E-state index in [1.165, 1.54) is 37.9 Å². The summed E-state index contributed by atoms with van der Waals surface area (Å²) in [5.41, 5.74) is 0. The second-order valence-corrected chi connectivity index (χ2v) is 6.25. The van der Waals surface area contributed by atoms with E-state index in [9.17, 15) is 0 Å². The van der Waals surface area contributed by atoms with E-state index in [-0.39, 0.29) is 0 Å². The number of imidazole rings is 1. The average molecular weight is 261 g/mol. The summed E-state index contributed by atoms with van der Waals surface area (Å²) in [6.45, 7) is 6.70. The van der Waals surface area contributed by atoms with E-state index in [0.29, 0.717) is 6.04 Å². The highest BCUT2D eigenvalue weighted by Gasteiger charge is 2.56. The Balaban J connectivity index is 1.76. The van der Waals surface area contributed by atoms with Crippen LogP contribution in [0.25, 0.3) is 0 Å². The highest BCUT2D eigenvalue weighted by Crippen LogP contribution is 2.62. The first kappa shape index (κ1) is 13.2. The van der Waals surface area contributed by atoms with Crippen LogP contribution in [0, 0.1) is 17.8 Å². The fourth-order valence-corrected chi connectivity index (χ4v) is 4.10. The summed E-state index contributed by atoms with van der Waals surface area (Å²) >= 11 is 0. The number of aromatic nitrogens is 2. The van der Waals surface area contributed by atoms with Crippen LogP contribution in [0.3, 0.4) is 0 Å². The van der Waals surface area contributed by atoms with E-state index in [4.69, 9.17) is 0 Å². The predicted octanol–water partition coefficient (Wildman–Crippen LogP) is 3.38. The van der Waals surface area contributed by atoms with Gasteiger partial charge in [-0.1, -0.05) is 20.3 Å². The zero-order chi connectivity index (χ0) is 13.2. The number of hydrogen-bond acceptors (Lipinski definition) is 2. The first-order valence-electron chi connectivity index (χ1n) is 8.11. The van der Waals surface area contributed by atoms with Gasteiger partial charge < -0.3 is 9.88 Å². The number of nitrogens with zero attached hydrogens (tertiary/aromatic N) is 2. The molecular weight excluding hydrogens is 234 g/mol. The topological polar surface area (TPSA) is 29.9 Å². The van der Waals surface area contributed by atoms with E-state index in [1.54, 1.807) is 0 Å². The highest BCUT2D eigenvalue weighted by molar-refractivity contribution is 5.13. The molecule has 0 amide bonds. The minimum atomic E-state index is 0.497. The third kappa shape index (κ3) is 2.45. The highest BCUT2D eigenvalue weighted by atomic mass is 15.1. The van der Waals surface area contributed by atoms with Crippen molar-refractivity contribution in [2.45, 2.75) is 58.5 Å². The molecule has 0 bridgehead atoms. The molecule has 1 aromatic heterocycles. The molecule has 3 rings (SSSR count). The fraction of sp³-hybridized carbons (Fsp3) is 0.812. The van der Waals surface area contributed by atoms with Gasteiger partial charge in [-0.25, -0.2) is 4.98 Å². The fourth-order valence-electron chi connectivity index (χ4n) is 4.10. The second-order valence-electron chi connectivity index (χ2n) is 6.25. The van der Waals surface area contributed by atoms with Crippen LogP contribution < -0.4 is 5.32 Å². The summed E-state index contributed by atoms with van der Waals surface area (Å²) in [6.07, 6.45) is 10.9. The van der Waals surface area contributed by atoms with Gasteiger partial charge in [0.1, 0.15) is 5.82 Å². The molecule has 3 heteroatoms. The number of fused-ring (bicyclic) bond motifs is 1.